The number of hydrogen-bond donors (Lipinski definition) is 0. The molecule has 0 spiro atoms. The van der Waals surface area contributed by atoms with Crippen LogP contribution in [0.25, 0.3) is 0 Å². The summed E-state index contributed by atoms with van der Waals surface area (Å²) in [5.41, 5.74) is 0.916. The van der Waals surface area contributed by atoms with Crippen LogP contribution in [-0.4, -0.2) is 30.4 Å². The molecule has 1 aliphatic rings. The fourth-order valence-corrected chi connectivity index (χ4v) is 3.49. The van der Waals surface area contributed by atoms with Gasteiger partial charge in [0.05, 0.1) is 4.90 Å². The van der Waals surface area contributed by atoms with Crippen LogP contribution in [0.2, 0.25) is 0 Å². The number of nitrogens with zero attached hydrogens (tertiary/aromatic N) is 2. The van der Waals surface area contributed by atoms with Crippen LogP contribution >= 0.6 is 0 Å². The quantitative estimate of drug-likeness (QED) is 0.867. The molecule has 6 heteroatoms. The summed E-state index contributed by atoms with van der Waals surface area (Å²) < 4.78 is 26.0. The highest BCUT2D eigenvalue weighted by atomic mass is 32.2. The topological polar surface area (TPSA) is 68.5 Å². The molecule has 0 atom stereocenters. The van der Waals surface area contributed by atoms with Gasteiger partial charge in [0, 0.05) is 6.20 Å². The maximum absolute atomic E-state index is 12.3. The molecule has 0 N–H and O–H groups in total. The van der Waals surface area contributed by atoms with Crippen molar-refractivity contribution in [2.24, 2.45) is 4.99 Å². The molecule has 1 aromatic carbocycles. The lowest BCUT2D eigenvalue weighted by Crippen LogP contribution is -2.24. The maximum atomic E-state index is 12.3. The average molecular weight is 288 g/mol. The Morgan fingerprint density at radius 2 is 2.00 bits per heavy atom. The minimum Gasteiger partial charge on any atom is -0.267 e. The summed E-state index contributed by atoms with van der Waals surface area (Å²) in [6, 6.07) is 10.00. The zero-order chi connectivity index (χ0) is 14.3. The van der Waals surface area contributed by atoms with Crippen molar-refractivity contribution in [1.29, 1.82) is 0 Å². The van der Waals surface area contributed by atoms with Gasteiger partial charge in [-0.15, -0.1) is 0 Å². The third-order valence-electron chi connectivity index (χ3n) is 3.12. The van der Waals surface area contributed by atoms with Crippen LogP contribution in [0.1, 0.15) is 10.4 Å². The predicted octanol–water partition coefficient (Wildman–Crippen LogP) is 2.00. The molecule has 2 heterocycles. The van der Waals surface area contributed by atoms with Crippen molar-refractivity contribution in [1.82, 2.24) is 4.57 Å². The third-order valence-corrected chi connectivity index (χ3v) is 4.74. The molecular weight excluding hydrogens is 276 g/mol. The van der Waals surface area contributed by atoms with E-state index < -0.39 is 9.84 Å². The molecule has 0 aliphatic carbocycles. The summed E-state index contributed by atoms with van der Waals surface area (Å²) in [5.74, 6) is -0.276. The van der Waals surface area contributed by atoms with Gasteiger partial charge in [0.15, 0.2) is 9.84 Å². The molecule has 0 saturated carbocycles. The van der Waals surface area contributed by atoms with Gasteiger partial charge in [0.25, 0.3) is 5.91 Å². The second kappa shape index (κ2) is 4.42. The molecule has 5 nitrogen and oxygen atoms in total. The van der Waals surface area contributed by atoms with Gasteiger partial charge in [0.1, 0.15) is 17.3 Å². The first-order chi connectivity index (χ1) is 9.47. The number of hydrogen-bond acceptors (Lipinski definition) is 4. The summed E-state index contributed by atoms with van der Waals surface area (Å²) in [7, 11) is -3.56. The van der Waals surface area contributed by atoms with Crippen LogP contribution in [0, 0.1) is 6.92 Å². The normalized spacial score (nSPS) is 14.2. The SMILES string of the molecule is Cc1cccc(S(=O)(=O)CC2=Nc3cccn3C2=O)c1. The second-order valence-corrected chi connectivity index (χ2v) is 6.67. The Balaban J connectivity index is 1.93. The highest BCUT2D eigenvalue weighted by molar-refractivity contribution is 7.92. The molecule has 0 unspecified atom stereocenters. The van der Waals surface area contributed by atoms with Crippen molar-refractivity contribution in [2.75, 3.05) is 5.75 Å². The van der Waals surface area contributed by atoms with Gasteiger partial charge >= 0.3 is 0 Å². The Morgan fingerprint density at radius 1 is 1.20 bits per heavy atom. The number of sulfone groups is 1. The van der Waals surface area contributed by atoms with E-state index in [2.05, 4.69) is 4.99 Å². The Labute approximate surface area is 116 Å². The van der Waals surface area contributed by atoms with Gasteiger partial charge in [-0.05, 0) is 36.8 Å². The zero-order valence-corrected chi connectivity index (χ0v) is 11.6. The van der Waals surface area contributed by atoms with Gasteiger partial charge < -0.3 is 0 Å². The Hall–Kier alpha value is -2.21. The standard InChI is InChI=1S/C14H12N2O3S/c1-10-4-2-5-11(8-10)20(18,19)9-12-14(17)16-7-3-6-13(16)15-12/h2-8H,9H2,1H3. The summed E-state index contributed by atoms with van der Waals surface area (Å²) in [5, 5.41) is 0. The maximum Gasteiger partial charge on any atom is 0.279 e. The van der Waals surface area contributed by atoms with E-state index in [-0.39, 0.29) is 22.3 Å². The monoisotopic (exact) mass is 288 g/mol. The molecule has 1 aromatic heterocycles. The van der Waals surface area contributed by atoms with E-state index in [1.54, 1.807) is 30.5 Å². The Bertz CT molecular complexity index is 832. The fraction of sp³-hybridized carbons (Fsp3) is 0.143. The molecular formula is C14H12N2O3S. The van der Waals surface area contributed by atoms with E-state index in [4.69, 9.17) is 0 Å². The van der Waals surface area contributed by atoms with Gasteiger partial charge in [-0.3, -0.25) is 9.36 Å². The van der Waals surface area contributed by atoms with Crippen molar-refractivity contribution in [3.05, 3.63) is 48.2 Å². The number of carbonyl (C=O) groups excluding carboxylic acids is 1. The van der Waals surface area contributed by atoms with Crippen molar-refractivity contribution in [3.8, 4) is 0 Å². The smallest absolute Gasteiger partial charge is 0.267 e. The minimum absolute atomic E-state index is 0.0575. The van der Waals surface area contributed by atoms with Gasteiger partial charge in [-0.2, -0.15) is 0 Å². The van der Waals surface area contributed by atoms with E-state index in [9.17, 15) is 13.2 Å². The average Bonchev–Trinajstić information content (AvgIpc) is 2.94. The van der Waals surface area contributed by atoms with Gasteiger partial charge in [0.2, 0.25) is 0 Å². The van der Waals surface area contributed by atoms with Gasteiger partial charge in [-0.25, -0.2) is 13.4 Å². The Kier molecular flexibility index (Phi) is 2.83. The third kappa shape index (κ3) is 2.08. The first kappa shape index (κ1) is 12.8. The number of aryl methyl sites for hydroxylation is 1. The van der Waals surface area contributed by atoms with Gasteiger partial charge in [-0.1, -0.05) is 12.1 Å². The minimum atomic E-state index is -3.56. The van der Waals surface area contributed by atoms with Crippen LogP contribution in [-0.2, 0) is 9.84 Å². The van der Waals surface area contributed by atoms with E-state index in [1.807, 2.05) is 13.0 Å². The van der Waals surface area contributed by atoms with Crippen LogP contribution in [0.15, 0.2) is 52.5 Å². The van der Waals surface area contributed by atoms with Crippen LogP contribution in [0.3, 0.4) is 0 Å². The molecule has 0 amide bonds. The molecule has 1 aliphatic heterocycles. The summed E-state index contributed by atoms with van der Waals surface area (Å²) >= 11 is 0. The van der Waals surface area contributed by atoms with Crippen LogP contribution in [0.4, 0.5) is 5.82 Å². The summed E-state index contributed by atoms with van der Waals surface area (Å²) in [4.78, 5) is 16.3. The predicted molar refractivity (Wildman–Crippen MR) is 75.4 cm³/mol. The largest absolute Gasteiger partial charge is 0.279 e. The lowest BCUT2D eigenvalue weighted by molar-refractivity contribution is 0.0997. The molecule has 2 aromatic rings. The van der Waals surface area contributed by atoms with Crippen molar-refractivity contribution >= 4 is 27.3 Å². The molecule has 0 radical (unpaired) electrons. The second-order valence-electron chi connectivity index (χ2n) is 4.68. The lowest BCUT2D eigenvalue weighted by Gasteiger charge is -2.04. The van der Waals surface area contributed by atoms with E-state index in [1.165, 1.54) is 10.6 Å². The van der Waals surface area contributed by atoms with E-state index in [0.29, 0.717) is 5.82 Å². The van der Waals surface area contributed by atoms with Crippen molar-refractivity contribution in [2.45, 2.75) is 11.8 Å². The first-order valence-corrected chi connectivity index (χ1v) is 7.72. The number of rotatable bonds is 3. The van der Waals surface area contributed by atoms with E-state index in [0.717, 1.165) is 5.56 Å². The molecule has 0 saturated heterocycles. The molecule has 20 heavy (non-hydrogen) atoms. The summed E-state index contributed by atoms with van der Waals surface area (Å²) in [6.07, 6.45) is 1.58. The Morgan fingerprint density at radius 3 is 2.70 bits per heavy atom. The number of carbonyl (C=O) groups is 1. The molecule has 3 rings (SSSR count). The number of benzene rings is 1. The summed E-state index contributed by atoms with van der Waals surface area (Å²) in [6.45, 7) is 1.82. The lowest BCUT2D eigenvalue weighted by atomic mass is 10.2. The number of aliphatic imine (C=N–C) groups is 1. The first-order valence-electron chi connectivity index (χ1n) is 6.06. The zero-order valence-electron chi connectivity index (χ0n) is 10.8. The van der Waals surface area contributed by atoms with Crippen molar-refractivity contribution < 1.29 is 13.2 Å². The molecule has 0 bridgehead atoms. The van der Waals surface area contributed by atoms with Crippen LogP contribution < -0.4 is 0 Å². The van der Waals surface area contributed by atoms with E-state index >= 15 is 0 Å². The van der Waals surface area contributed by atoms with Crippen LogP contribution in [0.5, 0.6) is 0 Å². The highest BCUT2D eigenvalue weighted by Gasteiger charge is 2.28. The molecule has 0 fully saturated rings. The van der Waals surface area contributed by atoms with Crippen molar-refractivity contribution in [3.63, 3.8) is 0 Å². The number of fused-ring (bicyclic) bond motifs is 1. The number of aromatic nitrogens is 1. The highest BCUT2D eigenvalue weighted by Crippen LogP contribution is 2.22. The molecule has 102 valence electrons. The fourth-order valence-electron chi connectivity index (χ4n) is 2.13.